The van der Waals surface area contributed by atoms with Crippen LogP contribution in [0.2, 0.25) is 0 Å². The second-order valence-corrected chi connectivity index (χ2v) is 5.71. The van der Waals surface area contributed by atoms with E-state index >= 15 is 0 Å². The predicted molar refractivity (Wildman–Crippen MR) is 88.3 cm³/mol. The molecule has 2 aromatic rings. The molecule has 2 amide bonds. The Morgan fingerprint density at radius 1 is 0.696 bits per heavy atom. The van der Waals surface area contributed by atoms with Crippen molar-refractivity contribution in [3.8, 4) is 0 Å². The molecule has 0 aromatic heterocycles. The molecule has 0 radical (unpaired) electrons. The Balaban J connectivity index is 1.65. The van der Waals surface area contributed by atoms with Gasteiger partial charge in [0.25, 0.3) is 0 Å². The first kappa shape index (κ1) is 15.3. The van der Waals surface area contributed by atoms with Gasteiger partial charge in [0.2, 0.25) is 11.8 Å². The zero-order chi connectivity index (χ0) is 16.1. The van der Waals surface area contributed by atoms with Crippen LogP contribution in [0.4, 0.5) is 0 Å². The van der Waals surface area contributed by atoms with Gasteiger partial charge in [-0.05, 0) is 17.5 Å². The third-order valence-corrected chi connectivity index (χ3v) is 4.00. The Morgan fingerprint density at radius 3 is 1.48 bits per heavy atom. The maximum atomic E-state index is 12.5. The minimum Gasteiger partial charge on any atom is -0.273 e. The van der Waals surface area contributed by atoms with Crippen LogP contribution in [-0.4, -0.2) is 34.9 Å². The monoisotopic (exact) mass is 308 g/mol. The molecule has 4 heteroatoms. The number of benzene rings is 2. The van der Waals surface area contributed by atoms with E-state index in [-0.39, 0.29) is 11.8 Å². The molecule has 0 atom stereocenters. The Bertz CT molecular complexity index is 611. The lowest BCUT2D eigenvalue weighted by Crippen LogP contribution is -2.46. The number of carbonyl (C=O) groups is 2. The smallest absolute Gasteiger partial charge is 0.245 e. The molecule has 0 aliphatic carbocycles. The molecular weight excluding hydrogens is 288 g/mol. The lowest BCUT2D eigenvalue weighted by molar-refractivity contribution is -0.157. The summed E-state index contributed by atoms with van der Waals surface area (Å²) in [5.74, 6) is -0.0368. The molecule has 1 aliphatic heterocycles. The first-order valence-corrected chi connectivity index (χ1v) is 7.92. The molecule has 3 rings (SSSR count). The molecule has 0 spiro atoms. The summed E-state index contributed by atoms with van der Waals surface area (Å²) >= 11 is 0. The second kappa shape index (κ2) is 7.09. The Kier molecular flexibility index (Phi) is 4.71. The van der Waals surface area contributed by atoms with Crippen molar-refractivity contribution < 1.29 is 9.59 Å². The summed E-state index contributed by atoms with van der Waals surface area (Å²) < 4.78 is 0. The molecule has 1 saturated heterocycles. The normalized spacial score (nSPS) is 14.1. The van der Waals surface area contributed by atoms with E-state index in [1.54, 1.807) is 10.0 Å². The Hall–Kier alpha value is -2.62. The van der Waals surface area contributed by atoms with Crippen LogP contribution in [0, 0.1) is 0 Å². The summed E-state index contributed by atoms with van der Waals surface area (Å²) in [7, 11) is 0. The molecule has 1 aliphatic rings. The van der Waals surface area contributed by atoms with Gasteiger partial charge in [0, 0.05) is 13.1 Å². The maximum Gasteiger partial charge on any atom is 0.245 e. The fraction of sp³-hybridized carbons (Fsp3) is 0.263. The quantitative estimate of drug-likeness (QED) is 0.870. The van der Waals surface area contributed by atoms with Crippen LogP contribution in [0.15, 0.2) is 60.7 Å². The van der Waals surface area contributed by atoms with Gasteiger partial charge in [0.05, 0.1) is 12.8 Å². The van der Waals surface area contributed by atoms with Gasteiger partial charge >= 0.3 is 0 Å². The van der Waals surface area contributed by atoms with Crippen molar-refractivity contribution in [2.45, 2.75) is 19.3 Å². The van der Waals surface area contributed by atoms with Crippen LogP contribution >= 0.6 is 0 Å². The molecular formula is C19H20N2O2. The molecule has 0 unspecified atom stereocenters. The van der Waals surface area contributed by atoms with Crippen molar-refractivity contribution in [2.75, 3.05) is 13.1 Å². The molecule has 4 nitrogen and oxygen atoms in total. The van der Waals surface area contributed by atoms with E-state index in [9.17, 15) is 9.59 Å². The zero-order valence-electron chi connectivity index (χ0n) is 13.0. The highest BCUT2D eigenvalue weighted by Gasteiger charge is 2.30. The number of hydrazine groups is 1. The van der Waals surface area contributed by atoms with Gasteiger partial charge in [0.15, 0.2) is 0 Å². The summed E-state index contributed by atoms with van der Waals surface area (Å²) in [5, 5.41) is 3.22. The number of hydrogen-bond donors (Lipinski definition) is 0. The van der Waals surface area contributed by atoms with Gasteiger partial charge in [-0.1, -0.05) is 60.7 Å². The molecule has 2 aromatic carbocycles. The van der Waals surface area contributed by atoms with Crippen molar-refractivity contribution in [3.05, 3.63) is 71.8 Å². The SMILES string of the molecule is O=C(Cc1ccccc1)N1CCCN1C(=O)Cc1ccccc1. The van der Waals surface area contributed by atoms with Crippen LogP contribution in [0.3, 0.4) is 0 Å². The molecule has 1 heterocycles. The fourth-order valence-electron chi connectivity index (χ4n) is 2.85. The van der Waals surface area contributed by atoms with E-state index in [0.717, 1.165) is 17.5 Å². The number of carbonyl (C=O) groups excluding carboxylic acids is 2. The van der Waals surface area contributed by atoms with Crippen molar-refractivity contribution in [2.24, 2.45) is 0 Å². The number of amides is 2. The van der Waals surface area contributed by atoms with E-state index in [4.69, 9.17) is 0 Å². The second-order valence-electron chi connectivity index (χ2n) is 5.71. The van der Waals surface area contributed by atoms with Crippen LogP contribution in [0.1, 0.15) is 17.5 Å². The highest BCUT2D eigenvalue weighted by atomic mass is 16.2. The summed E-state index contributed by atoms with van der Waals surface area (Å²) in [6, 6.07) is 19.3. The lowest BCUT2D eigenvalue weighted by atomic mass is 10.1. The minimum absolute atomic E-state index is 0.0184. The summed E-state index contributed by atoms with van der Waals surface area (Å²) in [6.45, 7) is 1.23. The predicted octanol–water partition coefficient (Wildman–Crippen LogP) is 2.45. The number of hydrogen-bond acceptors (Lipinski definition) is 2. The van der Waals surface area contributed by atoms with E-state index in [0.29, 0.717) is 25.9 Å². The first-order valence-electron chi connectivity index (χ1n) is 7.92. The average molecular weight is 308 g/mol. The number of nitrogens with zero attached hydrogens (tertiary/aromatic N) is 2. The average Bonchev–Trinajstić information content (AvgIpc) is 3.06. The third kappa shape index (κ3) is 3.77. The molecule has 0 saturated carbocycles. The summed E-state index contributed by atoms with van der Waals surface area (Å²) in [6.07, 6.45) is 1.49. The third-order valence-electron chi connectivity index (χ3n) is 4.00. The first-order chi connectivity index (χ1) is 11.2. The van der Waals surface area contributed by atoms with E-state index in [1.807, 2.05) is 60.7 Å². The van der Waals surface area contributed by atoms with Gasteiger partial charge in [-0.25, -0.2) is 0 Å². The van der Waals surface area contributed by atoms with E-state index in [2.05, 4.69) is 0 Å². The molecule has 23 heavy (non-hydrogen) atoms. The van der Waals surface area contributed by atoms with Crippen molar-refractivity contribution in [1.82, 2.24) is 10.0 Å². The summed E-state index contributed by atoms with van der Waals surface area (Å²) in [4.78, 5) is 25.0. The maximum absolute atomic E-state index is 12.5. The highest BCUT2D eigenvalue weighted by molar-refractivity contribution is 5.85. The van der Waals surface area contributed by atoms with Gasteiger partial charge < -0.3 is 0 Å². The fourth-order valence-corrected chi connectivity index (χ4v) is 2.85. The van der Waals surface area contributed by atoms with Gasteiger partial charge in [-0.2, -0.15) is 0 Å². The van der Waals surface area contributed by atoms with Crippen LogP contribution in [0.5, 0.6) is 0 Å². The Morgan fingerprint density at radius 2 is 1.09 bits per heavy atom. The lowest BCUT2D eigenvalue weighted by Gasteiger charge is -2.28. The zero-order valence-corrected chi connectivity index (χ0v) is 13.0. The van der Waals surface area contributed by atoms with Crippen molar-refractivity contribution >= 4 is 11.8 Å². The number of rotatable bonds is 4. The molecule has 0 N–H and O–H groups in total. The Labute approximate surface area is 136 Å². The van der Waals surface area contributed by atoms with Crippen molar-refractivity contribution in [3.63, 3.8) is 0 Å². The van der Waals surface area contributed by atoms with Gasteiger partial charge in [-0.3, -0.25) is 19.6 Å². The van der Waals surface area contributed by atoms with Gasteiger partial charge in [-0.15, -0.1) is 0 Å². The molecule has 1 fully saturated rings. The standard InChI is InChI=1S/C19H20N2O2/c22-18(14-16-8-3-1-4-9-16)20-12-7-13-21(20)19(23)15-17-10-5-2-6-11-17/h1-6,8-11H,7,12-15H2. The van der Waals surface area contributed by atoms with Crippen LogP contribution in [0.25, 0.3) is 0 Å². The minimum atomic E-state index is -0.0184. The molecule has 0 bridgehead atoms. The van der Waals surface area contributed by atoms with Crippen LogP contribution in [-0.2, 0) is 22.4 Å². The van der Waals surface area contributed by atoms with E-state index < -0.39 is 0 Å². The highest BCUT2D eigenvalue weighted by Crippen LogP contribution is 2.15. The van der Waals surface area contributed by atoms with Gasteiger partial charge in [0.1, 0.15) is 0 Å². The topological polar surface area (TPSA) is 40.6 Å². The summed E-state index contributed by atoms with van der Waals surface area (Å²) in [5.41, 5.74) is 1.94. The largest absolute Gasteiger partial charge is 0.273 e. The molecule has 118 valence electrons. The van der Waals surface area contributed by atoms with Crippen molar-refractivity contribution in [1.29, 1.82) is 0 Å². The van der Waals surface area contributed by atoms with Crippen LogP contribution < -0.4 is 0 Å². The van der Waals surface area contributed by atoms with E-state index in [1.165, 1.54) is 0 Å².